The van der Waals surface area contributed by atoms with E-state index < -0.39 is 11.6 Å². The molecule has 2 aliphatic rings. The van der Waals surface area contributed by atoms with Crippen molar-refractivity contribution in [2.45, 2.75) is 32.4 Å². The number of nitrogens with zero attached hydrogens (tertiary/aromatic N) is 5. The molecule has 1 saturated carbocycles. The quantitative estimate of drug-likeness (QED) is 0.381. The van der Waals surface area contributed by atoms with Crippen molar-refractivity contribution in [1.29, 1.82) is 0 Å². The molecule has 2 aromatic carbocycles. The molecular weight excluding hydrogens is 454 g/mol. The van der Waals surface area contributed by atoms with Crippen LogP contribution in [-0.4, -0.2) is 39.1 Å². The standard InChI is InChI=1S/C24H22F2N8O/c1-12-3-4-15(29-23-30-18-8-16(25)17(26)9-19(18)31-23)7-20(12)34-11-13-10-27-22(28-14-5-6-14)32-21(13)33(2)24(34)35/h3-4,7-10,14H,5-6,11H2,1-2H3,(H,27,28,32)(H2,29,30,31). The number of aryl methyl sites for hydroxylation is 1. The Labute approximate surface area is 199 Å². The van der Waals surface area contributed by atoms with Gasteiger partial charge in [0.25, 0.3) is 0 Å². The van der Waals surface area contributed by atoms with Gasteiger partial charge in [-0.1, -0.05) is 6.07 Å². The van der Waals surface area contributed by atoms with Crippen molar-refractivity contribution in [3.8, 4) is 0 Å². The molecular formula is C24H22F2N8O. The predicted molar refractivity (Wildman–Crippen MR) is 129 cm³/mol. The van der Waals surface area contributed by atoms with Gasteiger partial charge in [0.05, 0.1) is 23.3 Å². The van der Waals surface area contributed by atoms with Gasteiger partial charge in [0.1, 0.15) is 5.82 Å². The van der Waals surface area contributed by atoms with Gasteiger partial charge in [0.15, 0.2) is 11.6 Å². The second-order valence-electron chi connectivity index (χ2n) is 8.88. The van der Waals surface area contributed by atoms with Crippen LogP contribution in [-0.2, 0) is 6.54 Å². The van der Waals surface area contributed by atoms with Crippen molar-refractivity contribution in [3.05, 3.63) is 59.3 Å². The zero-order chi connectivity index (χ0) is 24.3. The number of benzene rings is 2. The van der Waals surface area contributed by atoms with E-state index in [2.05, 4.69) is 30.6 Å². The summed E-state index contributed by atoms with van der Waals surface area (Å²) in [7, 11) is 1.70. The van der Waals surface area contributed by atoms with Crippen LogP contribution >= 0.6 is 0 Å². The van der Waals surface area contributed by atoms with Gasteiger partial charge < -0.3 is 15.6 Å². The molecule has 3 heterocycles. The van der Waals surface area contributed by atoms with E-state index in [1.807, 2.05) is 25.1 Å². The SMILES string of the molecule is Cc1ccc(Nc2nc3cc(F)c(F)cc3[nH]2)cc1N1Cc2cnc(NC3CC3)nc2N(C)C1=O. The van der Waals surface area contributed by atoms with Crippen molar-refractivity contribution >= 4 is 46.2 Å². The Kier molecular flexibility index (Phi) is 4.80. The maximum Gasteiger partial charge on any atom is 0.330 e. The summed E-state index contributed by atoms with van der Waals surface area (Å²) >= 11 is 0. The Hall–Kier alpha value is -4.28. The molecule has 1 fully saturated rings. The lowest BCUT2D eigenvalue weighted by molar-refractivity contribution is 0.251. The lowest BCUT2D eigenvalue weighted by Crippen LogP contribution is -2.46. The predicted octanol–water partition coefficient (Wildman–Crippen LogP) is 4.83. The van der Waals surface area contributed by atoms with Crippen LogP contribution in [0.3, 0.4) is 0 Å². The number of anilines is 5. The van der Waals surface area contributed by atoms with Crippen molar-refractivity contribution in [1.82, 2.24) is 19.9 Å². The van der Waals surface area contributed by atoms with Crippen LogP contribution in [0.4, 0.5) is 42.7 Å². The third kappa shape index (κ3) is 3.88. The van der Waals surface area contributed by atoms with Gasteiger partial charge in [-0.2, -0.15) is 4.98 Å². The second-order valence-corrected chi connectivity index (χ2v) is 8.88. The topological polar surface area (TPSA) is 102 Å². The summed E-state index contributed by atoms with van der Waals surface area (Å²) in [6, 6.07) is 7.89. The minimum atomic E-state index is -0.958. The van der Waals surface area contributed by atoms with Crippen LogP contribution in [0.2, 0.25) is 0 Å². The molecule has 6 rings (SSSR count). The Bertz CT molecular complexity index is 1440. The second kappa shape index (κ2) is 7.90. The van der Waals surface area contributed by atoms with Crippen LogP contribution in [0, 0.1) is 18.6 Å². The molecule has 9 nitrogen and oxygen atoms in total. The number of hydrogen-bond donors (Lipinski definition) is 3. The lowest BCUT2D eigenvalue weighted by atomic mass is 10.1. The summed E-state index contributed by atoms with van der Waals surface area (Å²) in [5.74, 6) is -0.444. The van der Waals surface area contributed by atoms with Crippen molar-refractivity contribution in [2.24, 2.45) is 0 Å². The summed E-state index contributed by atoms with van der Waals surface area (Å²) in [4.78, 5) is 32.7. The number of urea groups is 1. The molecule has 0 saturated heterocycles. The number of aromatic nitrogens is 4. The number of H-pyrrole nitrogens is 1. The molecule has 2 amide bonds. The van der Waals surface area contributed by atoms with E-state index in [1.165, 1.54) is 4.90 Å². The first-order valence-electron chi connectivity index (χ1n) is 11.3. The van der Waals surface area contributed by atoms with Gasteiger partial charge in [-0.15, -0.1) is 0 Å². The highest BCUT2D eigenvalue weighted by atomic mass is 19.2. The number of nitrogens with one attached hydrogen (secondary N) is 3. The molecule has 4 aromatic rings. The molecule has 2 aromatic heterocycles. The molecule has 178 valence electrons. The van der Waals surface area contributed by atoms with Crippen LogP contribution in [0.25, 0.3) is 11.0 Å². The maximum absolute atomic E-state index is 13.5. The van der Waals surface area contributed by atoms with Gasteiger partial charge >= 0.3 is 6.03 Å². The first-order chi connectivity index (χ1) is 16.9. The molecule has 1 aliphatic carbocycles. The van der Waals surface area contributed by atoms with E-state index in [0.29, 0.717) is 52.7 Å². The molecule has 1 aliphatic heterocycles. The molecule has 0 atom stereocenters. The number of carbonyl (C=O) groups excluding carboxylic acids is 1. The minimum absolute atomic E-state index is 0.205. The van der Waals surface area contributed by atoms with E-state index in [9.17, 15) is 13.6 Å². The number of amides is 2. The number of halogens is 2. The van der Waals surface area contributed by atoms with E-state index in [0.717, 1.165) is 36.1 Å². The average molecular weight is 476 g/mol. The number of carbonyl (C=O) groups is 1. The van der Waals surface area contributed by atoms with E-state index in [4.69, 9.17) is 0 Å². The van der Waals surface area contributed by atoms with Gasteiger partial charge in [-0.05, 0) is 37.5 Å². The molecule has 3 N–H and O–H groups in total. The van der Waals surface area contributed by atoms with E-state index in [-0.39, 0.29) is 6.03 Å². The van der Waals surface area contributed by atoms with E-state index >= 15 is 0 Å². The molecule has 0 bridgehead atoms. The number of aromatic amines is 1. The smallest absolute Gasteiger partial charge is 0.330 e. The largest absolute Gasteiger partial charge is 0.351 e. The number of hydrogen-bond acceptors (Lipinski definition) is 6. The van der Waals surface area contributed by atoms with Gasteiger partial charge in [0.2, 0.25) is 11.9 Å². The van der Waals surface area contributed by atoms with Crippen molar-refractivity contribution in [3.63, 3.8) is 0 Å². The third-order valence-corrected chi connectivity index (χ3v) is 6.20. The fourth-order valence-corrected chi connectivity index (χ4v) is 4.16. The summed E-state index contributed by atoms with van der Waals surface area (Å²) in [6.45, 7) is 2.25. The molecule has 0 spiro atoms. The lowest BCUT2D eigenvalue weighted by Gasteiger charge is -2.35. The molecule has 0 radical (unpaired) electrons. The molecule has 11 heteroatoms. The Morgan fingerprint density at radius 1 is 1.11 bits per heavy atom. The van der Waals surface area contributed by atoms with Crippen molar-refractivity contribution < 1.29 is 13.6 Å². The summed E-state index contributed by atoms with van der Waals surface area (Å²) in [5.41, 5.74) is 3.80. The first kappa shape index (κ1) is 21.3. The molecule has 0 unspecified atom stereocenters. The number of imidazole rings is 1. The highest BCUT2D eigenvalue weighted by Gasteiger charge is 2.32. The summed E-state index contributed by atoms with van der Waals surface area (Å²) in [6.07, 6.45) is 3.97. The first-order valence-corrected chi connectivity index (χ1v) is 11.3. The Morgan fingerprint density at radius 2 is 1.91 bits per heavy atom. The average Bonchev–Trinajstić information content (AvgIpc) is 3.57. The monoisotopic (exact) mass is 476 g/mol. The normalized spacial score (nSPS) is 15.5. The van der Waals surface area contributed by atoms with Crippen molar-refractivity contribution in [2.75, 3.05) is 27.5 Å². The summed E-state index contributed by atoms with van der Waals surface area (Å²) in [5, 5.41) is 6.39. The highest BCUT2D eigenvalue weighted by Crippen LogP contribution is 2.34. The van der Waals surface area contributed by atoms with Gasteiger partial charge in [-0.3, -0.25) is 9.80 Å². The third-order valence-electron chi connectivity index (χ3n) is 6.20. The summed E-state index contributed by atoms with van der Waals surface area (Å²) < 4.78 is 27.1. The zero-order valence-corrected chi connectivity index (χ0v) is 19.1. The van der Waals surface area contributed by atoms with Crippen LogP contribution in [0.5, 0.6) is 0 Å². The highest BCUT2D eigenvalue weighted by molar-refractivity contribution is 6.05. The van der Waals surface area contributed by atoms with Crippen LogP contribution in [0.1, 0.15) is 24.0 Å². The maximum atomic E-state index is 13.5. The van der Waals surface area contributed by atoms with Crippen LogP contribution < -0.4 is 20.4 Å². The minimum Gasteiger partial charge on any atom is -0.351 e. The number of fused-ring (bicyclic) bond motifs is 2. The Balaban J connectivity index is 1.29. The molecule has 35 heavy (non-hydrogen) atoms. The van der Waals surface area contributed by atoms with Crippen LogP contribution in [0.15, 0.2) is 36.5 Å². The zero-order valence-electron chi connectivity index (χ0n) is 19.1. The number of rotatable bonds is 5. The van der Waals surface area contributed by atoms with Gasteiger partial charge in [-0.25, -0.2) is 23.5 Å². The fraction of sp³-hybridized carbons (Fsp3) is 0.250. The van der Waals surface area contributed by atoms with Gasteiger partial charge in [0, 0.05) is 42.7 Å². The Morgan fingerprint density at radius 3 is 2.71 bits per heavy atom. The van der Waals surface area contributed by atoms with E-state index in [1.54, 1.807) is 18.1 Å². The fourth-order valence-electron chi connectivity index (χ4n) is 4.16.